The summed E-state index contributed by atoms with van der Waals surface area (Å²) in [6.07, 6.45) is -4.66. The summed E-state index contributed by atoms with van der Waals surface area (Å²) in [5.41, 5.74) is 0. The molecule has 0 bridgehead atoms. The van der Waals surface area contributed by atoms with Crippen molar-refractivity contribution in [2.24, 2.45) is 0 Å². The molecule has 70 valence electrons. The van der Waals surface area contributed by atoms with Crippen molar-refractivity contribution in [2.45, 2.75) is 26.1 Å². The van der Waals surface area contributed by atoms with E-state index in [2.05, 4.69) is 4.74 Å². The van der Waals surface area contributed by atoms with Crippen molar-refractivity contribution in [1.82, 2.24) is 0 Å². The van der Waals surface area contributed by atoms with Gasteiger partial charge in [0.05, 0.1) is 6.10 Å². The predicted molar refractivity (Wildman–Crippen MR) is 36.4 cm³/mol. The van der Waals surface area contributed by atoms with Crippen molar-refractivity contribution in [3.8, 4) is 0 Å². The zero-order valence-electron chi connectivity index (χ0n) is 6.68. The summed E-state index contributed by atoms with van der Waals surface area (Å²) in [6.45, 7) is 3.11. The largest absolute Gasteiger partial charge is 0.460 e. The molecule has 0 aromatic carbocycles. The van der Waals surface area contributed by atoms with Crippen LogP contribution in [0.3, 0.4) is 0 Å². The summed E-state index contributed by atoms with van der Waals surface area (Å²) in [6, 6.07) is 0. The average molecular weight is 182 g/mol. The topological polar surface area (TPSA) is 26.3 Å². The Bertz CT molecular complexity index is 182. The molecule has 0 aliphatic rings. The molecule has 0 saturated heterocycles. The third-order valence-electron chi connectivity index (χ3n) is 0.760. The number of esters is 1. The normalized spacial score (nSPS) is 12.5. The maximum absolute atomic E-state index is 11.5. The smallest absolute Gasteiger partial charge is 0.410 e. The van der Waals surface area contributed by atoms with E-state index < -0.39 is 18.2 Å². The van der Waals surface area contributed by atoms with E-state index in [0.717, 1.165) is 0 Å². The fourth-order valence-corrected chi connectivity index (χ4v) is 0.434. The van der Waals surface area contributed by atoms with Gasteiger partial charge in [0.25, 0.3) is 0 Å². The molecule has 0 amide bonds. The van der Waals surface area contributed by atoms with Gasteiger partial charge in [-0.2, -0.15) is 13.2 Å². The minimum Gasteiger partial charge on any atom is -0.460 e. The van der Waals surface area contributed by atoms with Gasteiger partial charge in [0.15, 0.2) is 0 Å². The van der Waals surface area contributed by atoms with Crippen molar-refractivity contribution in [3.63, 3.8) is 0 Å². The second-order valence-corrected chi connectivity index (χ2v) is 2.36. The Labute approximate surface area is 68.0 Å². The van der Waals surface area contributed by atoms with Crippen LogP contribution in [0.25, 0.3) is 0 Å². The van der Waals surface area contributed by atoms with E-state index in [1.807, 2.05) is 0 Å². The molecule has 0 aromatic heterocycles. The van der Waals surface area contributed by atoms with Crippen LogP contribution in [0.15, 0.2) is 12.2 Å². The Morgan fingerprint density at radius 1 is 1.42 bits per heavy atom. The lowest BCUT2D eigenvalue weighted by atomic mass is 10.4. The van der Waals surface area contributed by atoms with Crippen LogP contribution in [-0.2, 0) is 9.53 Å². The minimum absolute atomic E-state index is 0.155. The van der Waals surface area contributed by atoms with E-state index in [-0.39, 0.29) is 6.08 Å². The number of hydrogen-bond acceptors (Lipinski definition) is 2. The molecule has 0 saturated carbocycles. The van der Waals surface area contributed by atoms with Gasteiger partial charge in [0.2, 0.25) is 0 Å². The third-order valence-corrected chi connectivity index (χ3v) is 0.760. The van der Waals surface area contributed by atoms with Crippen LogP contribution in [0.5, 0.6) is 0 Å². The van der Waals surface area contributed by atoms with Gasteiger partial charge < -0.3 is 4.74 Å². The second kappa shape index (κ2) is 4.13. The molecule has 0 aliphatic heterocycles. The molecule has 0 heterocycles. The van der Waals surface area contributed by atoms with Crippen LogP contribution < -0.4 is 0 Å². The van der Waals surface area contributed by atoms with Crippen LogP contribution in [0, 0.1) is 0 Å². The molecule has 0 rings (SSSR count). The standard InChI is InChI=1S/C7H9F3O2/c1-5(2)12-6(11)3-4-7(8,9)10/h3-5H,1-2H3/b4-3+. The molecule has 0 unspecified atom stereocenters. The Hall–Kier alpha value is -1.00. The predicted octanol–water partition coefficient (Wildman–Crippen LogP) is 2.06. The molecular weight excluding hydrogens is 173 g/mol. The van der Waals surface area contributed by atoms with E-state index in [9.17, 15) is 18.0 Å². The fourth-order valence-electron chi connectivity index (χ4n) is 0.434. The zero-order valence-corrected chi connectivity index (χ0v) is 6.68. The highest BCUT2D eigenvalue weighted by Gasteiger charge is 2.22. The highest BCUT2D eigenvalue weighted by Crippen LogP contribution is 2.15. The lowest BCUT2D eigenvalue weighted by Gasteiger charge is -2.04. The Kier molecular flexibility index (Phi) is 3.79. The lowest BCUT2D eigenvalue weighted by Crippen LogP contribution is -2.10. The van der Waals surface area contributed by atoms with Crippen LogP contribution in [0.1, 0.15) is 13.8 Å². The first kappa shape index (κ1) is 11.0. The second-order valence-electron chi connectivity index (χ2n) is 2.36. The SMILES string of the molecule is CC(C)OC(=O)/C=C/C(F)(F)F. The lowest BCUT2D eigenvalue weighted by molar-refractivity contribution is -0.142. The Balaban J connectivity index is 3.93. The van der Waals surface area contributed by atoms with Crippen LogP contribution in [0.4, 0.5) is 13.2 Å². The van der Waals surface area contributed by atoms with Gasteiger partial charge >= 0.3 is 12.1 Å². The van der Waals surface area contributed by atoms with E-state index in [4.69, 9.17) is 0 Å². The molecule has 0 fully saturated rings. The van der Waals surface area contributed by atoms with Crippen molar-refractivity contribution in [1.29, 1.82) is 0 Å². The Morgan fingerprint density at radius 2 is 1.92 bits per heavy atom. The Morgan fingerprint density at radius 3 is 2.25 bits per heavy atom. The van der Waals surface area contributed by atoms with Gasteiger partial charge in [0, 0.05) is 12.2 Å². The molecule has 0 spiro atoms. The van der Waals surface area contributed by atoms with Crippen molar-refractivity contribution < 1.29 is 22.7 Å². The first-order chi connectivity index (χ1) is 5.31. The summed E-state index contributed by atoms with van der Waals surface area (Å²) >= 11 is 0. The molecule has 0 aromatic rings. The van der Waals surface area contributed by atoms with Crippen LogP contribution >= 0.6 is 0 Å². The van der Waals surface area contributed by atoms with E-state index in [0.29, 0.717) is 6.08 Å². The zero-order chi connectivity index (χ0) is 9.78. The highest BCUT2D eigenvalue weighted by atomic mass is 19.4. The molecule has 0 radical (unpaired) electrons. The van der Waals surface area contributed by atoms with Crippen LogP contribution in [-0.4, -0.2) is 18.2 Å². The van der Waals surface area contributed by atoms with Gasteiger partial charge in [0.1, 0.15) is 0 Å². The molecule has 0 aliphatic carbocycles. The molecular formula is C7H9F3O2. The van der Waals surface area contributed by atoms with Gasteiger partial charge in [-0.25, -0.2) is 4.79 Å². The number of rotatable bonds is 2. The summed E-state index contributed by atoms with van der Waals surface area (Å²) in [4.78, 5) is 10.5. The number of alkyl halides is 3. The summed E-state index contributed by atoms with van der Waals surface area (Å²) in [7, 11) is 0. The molecule has 0 N–H and O–H groups in total. The minimum atomic E-state index is -4.46. The summed E-state index contributed by atoms with van der Waals surface area (Å²) in [5.74, 6) is -0.984. The maximum Gasteiger partial charge on any atom is 0.410 e. The van der Waals surface area contributed by atoms with Crippen LogP contribution in [0.2, 0.25) is 0 Å². The maximum atomic E-state index is 11.5. The quantitative estimate of drug-likeness (QED) is 0.482. The van der Waals surface area contributed by atoms with Gasteiger partial charge in [-0.05, 0) is 13.8 Å². The van der Waals surface area contributed by atoms with Crippen molar-refractivity contribution in [3.05, 3.63) is 12.2 Å². The van der Waals surface area contributed by atoms with Crippen molar-refractivity contribution >= 4 is 5.97 Å². The molecule has 5 heteroatoms. The molecule has 2 nitrogen and oxygen atoms in total. The summed E-state index contributed by atoms with van der Waals surface area (Å²) < 4.78 is 38.8. The number of allylic oxidation sites excluding steroid dienone is 1. The summed E-state index contributed by atoms with van der Waals surface area (Å²) in [5, 5.41) is 0. The monoisotopic (exact) mass is 182 g/mol. The van der Waals surface area contributed by atoms with E-state index >= 15 is 0 Å². The van der Waals surface area contributed by atoms with Gasteiger partial charge in [-0.1, -0.05) is 0 Å². The fraction of sp³-hybridized carbons (Fsp3) is 0.571. The highest BCUT2D eigenvalue weighted by molar-refractivity contribution is 5.82. The number of hydrogen-bond donors (Lipinski definition) is 0. The first-order valence-corrected chi connectivity index (χ1v) is 3.28. The van der Waals surface area contributed by atoms with Gasteiger partial charge in [-0.15, -0.1) is 0 Å². The number of carbonyl (C=O) groups is 1. The number of halogens is 3. The average Bonchev–Trinajstić information content (AvgIpc) is 1.80. The number of carbonyl (C=O) groups excluding carboxylic acids is 1. The third kappa shape index (κ3) is 7.11. The number of ether oxygens (including phenoxy) is 1. The van der Waals surface area contributed by atoms with Gasteiger partial charge in [-0.3, -0.25) is 0 Å². The first-order valence-electron chi connectivity index (χ1n) is 3.28. The van der Waals surface area contributed by atoms with E-state index in [1.165, 1.54) is 0 Å². The molecule has 12 heavy (non-hydrogen) atoms. The van der Waals surface area contributed by atoms with E-state index in [1.54, 1.807) is 13.8 Å². The van der Waals surface area contributed by atoms with Crippen molar-refractivity contribution in [2.75, 3.05) is 0 Å². The molecule has 0 atom stereocenters.